The third-order valence-corrected chi connectivity index (χ3v) is 3.74. The van der Waals surface area contributed by atoms with Crippen LogP contribution in [0.4, 0.5) is 0 Å². The topological polar surface area (TPSA) is 66.8 Å². The molecule has 21 heavy (non-hydrogen) atoms. The van der Waals surface area contributed by atoms with Gasteiger partial charge in [0.2, 0.25) is 0 Å². The molecule has 1 fully saturated rings. The van der Waals surface area contributed by atoms with Crippen LogP contribution in [0, 0.1) is 0 Å². The van der Waals surface area contributed by atoms with Gasteiger partial charge in [0.15, 0.2) is 6.61 Å². The molecule has 1 aromatic carbocycles. The number of aliphatic carboxylic acids is 1. The summed E-state index contributed by atoms with van der Waals surface area (Å²) in [7, 11) is 0. The highest BCUT2D eigenvalue weighted by Crippen LogP contribution is 2.18. The molecule has 1 heterocycles. The molecule has 1 saturated heterocycles. The van der Waals surface area contributed by atoms with E-state index in [1.807, 2.05) is 4.90 Å². The normalized spacial score (nSPS) is 18.3. The maximum absolute atomic E-state index is 12.2. The lowest BCUT2D eigenvalue weighted by molar-refractivity contribution is -0.137. The summed E-state index contributed by atoms with van der Waals surface area (Å²) in [5.74, 6) is -0.358. The average molecular weight is 291 g/mol. The van der Waals surface area contributed by atoms with Crippen LogP contribution in [0.5, 0.6) is 5.75 Å². The van der Waals surface area contributed by atoms with E-state index in [0.717, 1.165) is 19.4 Å². The molecule has 114 valence electrons. The van der Waals surface area contributed by atoms with Gasteiger partial charge in [0.1, 0.15) is 5.75 Å². The number of likely N-dealkylation sites (tertiary alicyclic amines) is 1. The van der Waals surface area contributed by atoms with Crippen molar-refractivity contribution >= 4 is 11.9 Å². The number of nitrogens with zero attached hydrogens (tertiary/aromatic N) is 1. The number of carboxylic acid groups (broad SMARTS) is 1. The summed E-state index contributed by atoms with van der Waals surface area (Å²) in [5, 5.41) is 8.77. The van der Waals surface area contributed by atoms with Gasteiger partial charge < -0.3 is 14.7 Å². The summed E-state index contributed by atoms with van der Waals surface area (Å²) in [6.07, 6.45) is 3.21. The number of carboxylic acids is 1. The predicted octanol–water partition coefficient (Wildman–Crippen LogP) is 2.09. The van der Waals surface area contributed by atoms with E-state index in [4.69, 9.17) is 9.84 Å². The highest BCUT2D eigenvalue weighted by Gasteiger charge is 2.23. The molecule has 1 amide bonds. The van der Waals surface area contributed by atoms with Crippen molar-refractivity contribution in [3.05, 3.63) is 29.8 Å². The van der Waals surface area contributed by atoms with E-state index in [1.54, 1.807) is 24.3 Å². The second kappa shape index (κ2) is 7.11. The van der Waals surface area contributed by atoms with Crippen LogP contribution >= 0.6 is 0 Å². The highest BCUT2D eigenvalue weighted by molar-refractivity contribution is 5.78. The van der Waals surface area contributed by atoms with Gasteiger partial charge in [-0.25, -0.2) is 0 Å². The summed E-state index contributed by atoms with van der Waals surface area (Å²) >= 11 is 0. The number of piperidine rings is 1. The van der Waals surface area contributed by atoms with Crippen LogP contribution in [0.1, 0.15) is 31.7 Å². The number of ether oxygens (including phenoxy) is 1. The van der Waals surface area contributed by atoms with Crippen LogP contribution in [0.3, 0.4) is 0 Å². The summed E-state index contributed by atoms with van der Waals surface area (Å²) in [4.78, 5) is 24.7. The van der Waals surface area contributed by atoms with Crippen molar-refractivity contribution in [2.45, 2.75) is 38.6 Å². The molecule has 0 aliphatic carbocycles. The van der Waals surface area contributed by atoms with Gasteiger partial charge in [-0.3, -0.25) is 9.59 Å². The summed E-state index contributed by atoms with van der Waals surface area (Å²) in [6, 6.07) is 7.14. The van der Waals surface area contributed by atoms with Crippen molar-refractivity contribution in [3.8, 4) is 5.75 Å². The van der Waals surface area contributed by atoms with Crippen LogP contribution in [0.15, 0.2) is 24.3 Å². The second-order valence-electron chi connectivity index (χ2n) is 5.44. The van der Waals surface area contributed by atoms with Crippen LogP contribution < -0.4 is 4.74 Å². The number of benzene rings is 1. The van der Waals surface area contributed by atoms with Crippen molar-refractivity contribution in [2.24, 2.45) is 0 Å². The minimum Gasteiger partial charge on any atom is -0.484 e. The first-order chi connectivity index (χ1) is 10.1. The van der Waals surface area contributed by atoms with Crippen molar-refractivity contribution in [1.82, 2.24) is 4.90 Å². The van der Waals surface area contributed by atoms with Crippen LogP contribution in [-0.2, 0) is 16.0 Å². The van der Waals surface area contributed by atoms with Gasteiger partial charge >= 0.3 is 5.97 Å². The Morgan fingerprint density at radius 2 is 2.19 bits per heavy atom. The number of amides is 1. The quantitative estimate of drug-likeness (QED) is 0.902. The average Bonchev–Trinajstić information content (AvgIpc) is 2.45. The molecule has 1 aromatic rings. The fraction of sp³-hybridized carbons (Fsp3) is 0.500. The van der Waals surface area contributed by atoms with Crippen molar-refractivity contribution in [3.63, 3.8) is 0 Å². The molecule has 0 spiro atoms. The minimum atomic E-state index is -0.884. The zero-order valence-electron chi connectivity index (χ0n) is 12.2. The SMILES string of the molecule is CC1CCCCN1C(=O)COc1cccc(CC(=O)O)c1. The standard InChI is InChI=1S/C16H21NO4/c1-12-5-2-3-8-17(12)15(18)11-21-14-7-4-6-13(9-14)10-16(19)20/h4,6-7,9,12H,2-3,5,8,10-11H2,1H3,(H,19,20). The predicted molar refractivity (Wildman–Crippen MR) is 78.3 cm³/mol. The first kappa shape index (κ1) is 15.4. The molecule has 0 radical (unpaired) electrons. The van der Waals surface area contributed by atoms with E-state index in [-0.39, 0.29) is 25.0 Å². The zero-order chi connectivity index (χ0) is 15.2. The van der Waals surface area contributed by atoms with Gasteiger partial charge in [0.25, 0.3) is 5.91 Å². The Labute approximate surface area is 124 Å². The monoisotopic (exact) mass is 291 g/mol. The van der Waals surface area contributed by atoms with Gasteiger partial charge in [-0.2, -0.15) is 0 Å². The molecule has 0 saturated carbocycles. The van der Waals surface area contributed by atoms with E-state index in [1.165, 1.54) is 6.42 Å². The van der Waals surface area contributed by atoms with Crippen molar-refractivity contribution in [1.29, 1.82) is 0 Å². The number of hydrogen-bond donors (Lipinski definition) is 1. The number of carbonyl (C=O) groups is 2. The molecule has 1 aliphatic heterocycles. The summed E-state index contributed by atoms with van der Waals surface area (Å²) in [5.41, 5.74) is 0.666. The van der Waals surface area contributed by atoms with E-state index < -0.39 is 5.97 Å². The number of carbonyl (C=O) groups excluding carboxylic acids is 1. The smallest absolute Gasteiger partial charge is 0.307 e. The fourth-order valence-electron chi connectivity index (χ4n) is 2.62. The largest absolute Gasteiger partial charge is 0.484 e. The zero-order valence-corrected chi connectivity index (χ0v) is 12.2. The van der Waals surface area contributed by atoms with Crippen LogP contribution in [-0.4, -0.2) is 41.1 Å². The number of rotatable bonds is 5. The molecule has 2 rings (SSSR count). The van der Waals surface area contributed by atoms with Crippen molar-refractivity contribution < 1.29 is 19.4 Å². The van der Waals surface area contributed by atoms with Crippen LogP contribution in [0.25, 0.3) is 0 Å². The van der Waals surface area contributed by atoms with E-state index >= 15 is 0 Å². The first-order valence-electron chi connectivity index (χ1n) is 7.29. The van der Waals surface area contributed by atoms with Gasteiger partial charge in [0.05, 0.1) is 6.42 Å². The van der Waals surface area contributed by atoms with E-state index in [0.29, 0.717) is 11.3 Å². The van der Waals surface area contributed by atoms with Gasteiger partial charge in [-0.05, 0) is 43.9 Å². The van der Waals surface area contributed by atoms with Gasteiger partial charge in [-0.15, -0.1) is 0 Å². The maximum atomic E-state index is 12.2. The molecular formula is C16H21NO4. The van der Waals surface area contributed by atoms with E-state index in [9.17, 15) is 9.59 Å². The Kier molecular flexibility index (Phi) is 5.20. The third-order valence-electron chi connectivity index (χ3n) is 3.74. The summed E-state index contributed by atoms with van der Waals surface area (Å²) < 4.78 is 5.51. The molecule has 0 bridgehead atoms. The van der Waals surface area contributed by atoms with Gasteiger partial charge in [-0.1, -0.05) is 12.1 Å². The molecule has 1 aliphatic rings. The maximum Gasteiger partial charge on any atom is 0.307 e. The molecule has 5 nitrogen and oxygen atoms in total. The summed E-state index contributed by atoms with van der Waals surface area (Å²) in [6.45, 7) is 2.85. The lowest BCUT2D eigenvalue weighted by Gasteiger charge is -2.33. The number of hydrogen-bond acceptors (Lipinski definition) is 3. The Bertz CT molecular complexity index is 515. The Morgan fingerprint density at radius 1 is 1.38 bits per heavy atom. The molecule has 0 aromatic heterocycles. The Hall–Kier alpha value is -2.04. The van der Waals surface area contributed by atoms with E-state index in [2.05, 4.69) is 6.92 Å². The van der Waals surface area contributed by atoms with Crippen LogP contribution in [0.2, 0.25) is 0 Å². The molecule has 1 unspecified atom stereocenters. The third kappa shape index (κ3) is 4.48. The Morgan fingerprint density at radius 3 is 2.90 bits per heavy atom. The molecule has 1 N–H and O–H groups in total. The molecule has 5 heteroatoms. The first-order valence-corrected chi connectivity index (χ1v) is 7.29. The minimum absolute atomic E-state index is 0.000858. The highest BCUT2D eigenvalue weighted by atomic mass is 16.5. The molecular weight excluding hydrogens is 270 g/mol. The van der Waals surface area contributed by atoms with Gasteiger partial charge in [0, 0.05) is 12.6 Å². The van der Waals surface area contributed by atoms with Crippen molar-refractivity contribution in [2.75, 3.05) is 13.2 Å². The lowest BCUT2D eigenvalue weighted by atomic mass is 10.0. The molecule has 1 atom stereocenters. The lowest BCUT2D eigenvalue weighted by Crippen LogP contribution is -2.44. The second-order valence-corrected chi connectivity index (χ2v) is 5.44. The fourth-order valence-corrected chi connectivity index (χ4v) is 2.62. The Balaban J connectivity index is 1.90.